The van der Waals surface area contributed by atoms with Gasteiger partial charge in [-0.1, -0.05) is 6.07 Å². The molecular weight excluding hydrogens is 290 g/mol. The Kier molecular flexibility index (Phi) is 5.86. The van der Waals surface area contributed by atoms with Crippen LogP contribution in [0.25, 0.3) is 0 Å². The summed E-state index contributed by atoms with van der Waals surface area (Å²) in [4.78, 5) is 15.6. The number of pyridine rings is 1. The molecule has 0 saturated heterocycles. The molecule has 2 aromatic rings. The molecule has 0 spiro atoms. The molecule has 7 heteroatoms. The molecule has 0 saturated carbocycles. The number of benzene rings is 1. The van der Waals surface area contributed by atoms with Gasteiger partial charge in [0.25, 0.3) is 5.91 Å². The fraction of sp³-hybridized carbons (Fsp3) is 0.0769. The Morgan fingerprint density at radius 2 is 2.05 bits per heavy atom. The molecule has 0 aliphatic carbocycles. The fourth-order valence-corrected chi connectivity index (χ4v) is 1.45. The van der Waals surface area contributed by atoms with Crippen LogP contribution >= 0.6 is 12.4 Å². The third kappa shape index (κ3) is 4.47. The van der Waals surface area contributed by atoms with E-state index in [-0.39, 0.29) is 24.1 Å². The molecule has 1 heterocycles. The Bertz CT molecular complexity index is 567. The van der Waals surface area contributed by atoms with Gasteiger partial charge in [0.1, 0.15) is 5.75 Å². The molecule has 0 atom stereocenters. The van der Waals surface area contributed by atoms with Gasteiger partial charge in [0.2, 0.25) is 0 Å². The molecule has 1 amide bonds. The number of aromatic nitrogens is 1. The van der Waals surface area contributed by atoms with Crippen LogP contribution in [0.15, 0.2) is 48.8 Å². The van der Waals surface area contributed by atoms with E-state index in [0.717, 1.165) is 0 Å². The van der Waals surface area contributed by atoms with E-state index in [1.54, 1.807) is 24.4 Å². The van der Waals surface area contributed by atoms with Gasteiger partial charge < -0.3 is 10.1 Å². The minimum absolute atomic E-state index is 0. The normalized spacial score (nSPS) is 9.75. The van der Waals surface area contributed by atoms with Gasteiger partial charge in [0.15, 0.2) is 0 Å². The number of carbonyl (C=O) groups is 1. The highest BCUT2D eigenvalue weighted by atomic mass is 35.5. The van der Waals surface area contributed by atoms with Gasteiger partial charge in [-0.3, -0.25) is 9.78 Å². The van der Waals surface area contributed by atoms with Gasteiger partial charge in [0, 0.05) is 24.1 Å². The van der Waals surface area contributed by atoms with Crippen LogP contribution in [0.5, 0.6) is 5.75 Å². The summed E-state index contributed by atoms with van der Waals surface area (Å²) in [5, 5.41) is 2.57. The first kappa shape index (κ1) is 15.8. The number of nitrogens with zero attached hydrogens (tertiary/aromatic N) is 1. The van der Waals surface area contributed by atoms with Crippen molar-refractivity contribution in [1.29, 1.82) is 0 Å². The summed E-state index contributed by atoms with van der Waals surface area (Å²) in [5.41, 5.74) is 0.745. The zero-order chi connectivity index (χ0) is 13.7. The number of amides is 1. The predicted octanol–water partition coefficient (Wildman–Crippen LogP) is 3.36. The van der Waals surface area contributed by atoms with Gasteiger partial charge in [-0.25, -0.2) is 0 Å². The van der Waals surface area contributed by atoms with E-state index in [9.17, 15) is 13.6 Å². The van der Waals surface area contributed by atoms with Crippen molar-refractivity contribution in [3.63, 3.8) is 0 Å². The van der Waals surface area contributed by atoms with Crippen molar-refractivity contribution >= 4 is 24.0 Å². The van der Waals surface area contributed by atoms with Crippen molar-refractivity contribution in [3.05, 3.63) is 54.4 Å². The van der Waals surface area contributed by atoms with Crippen LogP contribution in [0.4, 0.5) is 14.5 Å². The van der Waals surface area contributed by atoms with Crippen LogP contribution in [-0.2, 0) is 0 Å². The van der Waals surface area contributed by atoms with E-state index < -0.39 is 6.61 Å². The minimum Gasteiger partial charge on any atom is -0.435 e. The summed E-state index contributed by atoms with van der Waals surface area (Å²) in [5.74, 6) is -0.388. The van der Waals surface area contributed by atoms with Crippen LogP contribution in [0.3, 0.4) is 0 Å². The quantitative estimate of drug-likeness (QED) is 0.942. The highest BCUT2D eigenvalue weighted by Crippen LogP contribution is 2.19. The van der Waals surface area contributed by atoms with Crippen molar-refractivity contribution in [2.24, 2.45) is 0 Å². The van der Waals surface area contributed by atoms with Crippen molar-refractivity contribution in [2.75, 3.05) is 5.32 Å². The van der Waals surface area contributed by atoms with E-state index in [4.69, 9.17) is 0 Å². The minimum atomic E-state index is -2.90. The lowest BCUT2D eigenvalue weighted by atomic mass is 10.2. The first-order valence-corrected chi connectivity index (χ1v) is 5.41. The molecule has 0 aliphatic heterocycles. The van der Waals surface area contributed by atoms with Crippen LogP contribution in [-0.4, -0.2) is 17.5 Å². The third-order valence-corrected chi connectivity index (χ3v) is 2.24. The molecule has 2 rings (SSSR count). The van der Waals surface area contributed by atoms with Crippen molar-refractivity contribution in [1.82, 2.24) is 4.98 Å². The first-order valence-electron chi connectivity index (χ1n) is 5.41. The molecule has 1 N–H and O–H groups in total. The van der Waals surface area contributed by atoms with Crippen molar-refractivity contribution in [2.45, 2.75) is 6.61 Å². The average Bonchev–Trinajstić information content (AvgIpc) is 2.39. The van der Waals surface area contributed by atoms with Gasteiger partial charge in [0.05, 0.1) is 5.56 Å². The molecule has 0 bridgehead atoms. The number of carbonyl (C=O) groups excluding carboxylic acids is 1. The Hall–Kier alpha value is -2.21. The molecule has 20 heavy (non-hydrogen) atoms. The van der Waals surface area contributed by atoms with Crippen molar-refractivity contribution < 1.29 is 18.3 Å². The summed E-state index contributed by atoms with van der Waals surface area (Å²) in [7, 11) is 0. The van der Waals surface area contributed by atoms with Crippen LogP contribution < -0.4 is 10.1 Å². The van der Waals surface area contributed by atoms with Gasteiger partial charge in [-0.05, 0) is 24.3 Å². The Morgan fingerprint density at radius 1 is 1.25 bits per heavy atom. The smallest absolute Gasteiger partial charge is 0.387 e. The van der Waals surface area contributed by atoms with Crippen molar-refractivity contribution in [3.8, 4) is 5.75 Å². The van der Waals surface area contributed by atoms with Gasteiger partial charge in [-0.15, -0.1) is 12.4 Å². The van der Waals surface area contributed by atoms with Gasteiger partial charge >= 0.3 is 6.61 Å². The van der Waals surface area contributed by atoms with E-state index >= 15 is 0 Å². The lowest BCUT2D eigenvalue weighted by Crippen LogP contribution is -2.12. The number of hydrogen-bond acceptors (Lipinski definition) is 3. The Morgan fingerprint density at radius 3 is 2.70 bits per heavy atom. The third-order valence-electron chi connectivity index (χ3n) is 2.24. The predicted molar refractivity (Wildman–Crippen MR) is 72.5 cm³/mol. The Balaban J connectivity index is 0.00000200. The van der Waals surface area contributed by atoms with Crippen LogP contribution in [0.2, 0.25) is 0 Å². The maximum absolute atomic E-state index is 12.1. The number of rotatable bonds is 4. The molecule has 106 valence electrons. The van der Waals surface area contributed by atoms with E-state index in [2.05, 4.69) is 15.0 Å². The number of halogens is 3. The van der Waals surface area contributed by atoms with E-state index in [0.29, 0.717) is 11.3 Å². The summed E-state index contributed by atoms with van der Waals surface area (Å²) in [6.07, 6.45) is 2.96. The zero-order valence-electron chi connectivity index (χ0n) is 10.1. The Labute approximate surface area is 120 Å². The second-order valence-corrected chi connectivity index (χ2v) is 3.60. The number of anilines is 1. The summed E-state index contributed by atoms with van der Waals surface area (Å²) in [6.45, 7) is -2.90. The standard InChI is InChI=1S/C13H10F2N2O2.ClH/c14-13(15)19-11-5-1-4-10(7-11)17-12(18)9-3-2-6-16-8-9;/h1-8,13H,(H,17,18);1H. The molecule has 0 radical (unpaired) electrons. The highest BCUT2D eigenvalue weighted by Gasteiger charge is 2.08. The molecule has 1 aromatic heterocycles. The second-order valence-electron chi connectivity index (χ2n) is 3.60. The largest absolute Gasteiger partial charge is 0.435 e. The highest BCUT2D eigenvalue weighted by molar-refractivity contribution is 6.04. The first-order chi connectivity index (χ1) is 9.15. The molecule has 0 fully saturated rings. The number of ether oxygens (including phenoxy) is 1. The fourth-order valence-electron chi connectivity index (χ4n) is 1.45. The van der Waals surface area contributed by atoms with Gasteiger partial charge in [-0.2, -0.15) is 8.78 Å². The summed E-state index contributed by atoms with van der Waals surface area (Å²) in [6, 6.07) is 9.02. The molecule has 0 unspecified atom stereocenters. The van der Waals surface area contributed by atoms with Crippen LogP contribution in [0.1, 0.15) is 10.4 Å². The molecule has 4 nitrogen and oxygen atoms in total. The van der Waals surface area contributed by atoms with E-state index in [1.165, 1.54) is 24.4 Å². The zero-order valence-corrected chi connectivity index (χ0v) is 10.9. The average molecular weight is 301 g/mol. The maximum atomic E-state index is 12.1. The maximum Gasteiger partial charge on any atom is 0.387 e. The SMILES string of the molecule is Cl.O=C(Nc1cccc(OC(F)F)c1)c1cccnc1. The number of alkyl halides is 2. The number of nitrogens with one attached hydrogen (secondary N) is 1. The molecule has 1 aromatic carbocycles. The lowest BCUT2D eigenvalue weighted by Gasteiger charge is -2.08. The van der Waals surface area contributed by atoms with Crippen LogP contribution in [0, 0.1) is 0 Å². The lowest BCUT2D eigenvalue weighted by molar-refractivity contribution is -0.0497. The summed E-state index contributed by atoms with van der Waals surface area (Å²) < 4.78 is 28.4. The molecular formula is C13H11ClF2N2O2. The van der Waals surface area contributed by atoms with E-state index in [1.807, 2.05) is 0 Å². The molecule has 0 aliphatic rings. The monoisotopic (exact) mass is 300 g/mol. The topological polar surface area (TPSA) is 51.2 Å². The second kappa shape index (κ2) is 7.40. The number of hydrogen-bond donors (Lipinski definition) is 1. The summed E-state index contributed by atoms with van der Waals surface area (Å²) >= 11 is 0.